The van der Waals surface area contributed by atoms with E-state index in [-0.39, 0.29) is 0 Å². The van der Waals surface area contributed by atoms with Gasteiger partial charge in [-0.2, -0.15) is 5.10 Å². The van der Waals surface area contributed by atoms with Crippen LogP contribution in [-0.2, 0) is 6.54 Å². The molecule has 1 aromatic heterocycles. The zero-order valence-electron chi connectivity index (χ0n) is 16.4. The third-order valence-corrected chi connectivity index (χ3v) is 5.62. The Morgan fingerprint density at radius 3 is 2.83 bits per heavy atom. The maximum absolute atomic E-state index is 14.1. The van der Waals surface area contributed by atoms with Crippen molar-refractivity contribution in [3.05, 3.63) is 77.5 Å². The summed E-state index contributed by atoms with van der Waals surface area (Å²) >= 11 is 0. The topological polar surface area (TPSA) is 44.0 Å². The smallest absolute Gasteiger partial charge is 0.135 e. The summed E-state index contributed by atoms with van der Waals surface area (Å²) in [6.45, 7) is 4.62. The summed E-state index contributed by atoms with van der Waals surface area (Å²) in [5.74, 6) is -0.566. The molecule has 2 aromatic carbocycles. The quantitative estimate of drug-likeness (QED) is 0.585. The average Bonchev–Trinajstić information content (AvgIpc) is 3.20. The summed E-state index contributed by atoms with van der Waals surface area (Å²) in [6.07, 6.45) is 4.16. The van der Waals surface area contributed by atoms with Crippen LogP contribution in [0.15, 0.2) is 54.7 Å². The molecule has 152 valence electrons. The monoisotopic (exact) mass is 396 g/mol. The Kier molecular flexibility index (Phi) is 6.32. The van der Waals surface area contributed by atoms with Gasteiger partial charge in [0.25, 0.3) is 0 Å². The van der Waals surface area contributed by atoms with Gasteiger partial charge in [0.15, 0.2) is 0 Å². The van der Waals surface area contributed by atoms with Crippen molar-refractivity contribution in [2.75, 3.05) is 26.2 Å². The van der Waals surface area contributed by atoms with E-state index >= 15 is 0 Å². The van der Waals surface area contributed by atoms with Gasteiger partial charge >= 0.3 is 0 Å². The Labute approximate surface area is 169 Å². The number of halogens is 2. The number of hydrogen-bond acceptors (Lipinski definition) is 3. The first-order chi connectivity index (χ1) is 14.2. The molecule has 0 saturated carbocycles. The highest BCUT2D eigenvalue weighted by Crippen LogP contribution is 2.27. The van der Waals surface area contributed by atoms with Crippen LogP contribution in [0, 0.1) is 11.6 Å². The fourth-order valence-corrected chi connectivity index (χ4v) is 4.09. The molecule has 1 fully saturated rings. The highest BCUT2D eigenvalue weighted by Gasteiger charge is 2.20. The van der Waals surface area contributed by atoms with Crippen LogP contribution in [0.1, 0.15) is 29.9 Å². The van der Waals surface area contributed by atoms with Crippen molar-refractivity contribution in [3.63, 3.8) is 0 Å². The predicted molar refractivity (Wildman–Crippen MR) is 111 cm³/mol. The van der Waals surface area contributed by atoms with Gasteiger partial charge in [-0.05, 0) is 43.0 Å². The largest absolute Gasteiger partial charge is 0.311 e. The number of benzene rings is 2. The minimum Gasteiger partial charge on any atom is -0.311 e. The van der Waals surface area contributed by atoms with E-state index in [1.165, 1.54) is 30.5 Å². The van der Waals surface area contributed by atoms with Gasteiger partial charge < -0.3 is 10.2 Å². The number of nitrogens with zero attached hydrogens (tertiary/aromatic N) is 2. The Morgan fingerprint density at radius 1 is 1.14 bits per heavy atom. The molecule has 29 heavy (non-hydrogen) atoms. The van der Waals surface area contributed by atoms with E-state index in [1.807, 2.05) is 0 Å². The standard InChI is InChI=1S/C23H26F2N4/c24-20-8-9-21(22(25)13-20)23-19(15-27-28-23)14-26-10-12-29-11-4-7-18(16-29)17-5-2-1-3-6-17/h1-3,5-6,8-9,13,15,18,26H,4,7,10-12,14,16H2,(H,27,28). The zero-order chi connectivity index (χ0) is 20.1. The molecular formula is C23H26F2N4. The second-order valence-electron chi connectivity index (χ2n) is 7.62. The van der Waals surface area contributed by atoms with E-state index in [4.69, 9.17) is 0 Å². The molecular weight excluding hydrogens is 370 g/mol. The lowest BCUT2D eigenvalue weighted by molar-refractivity contribution is 0.208. The summed E-state index contributed by atoms with van der Waals surface area (Å²) in [7, 11) is 0. The fraction of sp³-hybridized carbons (Fsp3) is 0.348. The van der Waals surface area contributed by atoms with E-state index < -0.39 is 11.6 Å². The highest BCUT2D eigenvalue weighted by molar-refractivity contribution is 5.63. The van der Waals surface area contributed by atoms with Gasteiger partial charge in [0.1, 0.15) is 11.6 Å². The molecule has 6 heteroatoms. The van der Waals surface area contributed by atoms with Crippen LogP contribution in [0.5, 0.6) is 0 Å². The summed E-state index contributed by atoms with van der Waals surface area (Å²) in [5, 5.41) is 10.3. The lowest BCUT2D eigenvalue weighted by Crippen LogP contribution is -2.38. The first-order valence-corrected chi connectivity index (χ1v) is 10.2. The molecule has 1 aliphatic heterocycles. The number of nitrogens with one attached hydrogen (secondary N) is 2. The normalized spacial score (nSPS) is 17.5. The number of aromatic nitrogens is 2. The van der Waals surface area contributed by atoms with Crippen molar-refractivity contribution in [1.82, 2.24) is 20.4 Å². The Bertz CT molecular complexity index is 926. The van der Waals surface area contributed by atoms with Gasteiger partial charge in [0.05, 0.1) is 11.9 Å². The predicted octanol–water partition coefficient (Wildman–Crippen LogP) is 4.32. The molecule has 1 unspecified atom stereocenters. The molecule has 4 rings (SSSR count). The molecule has 0 spiro atoms. The van der Waals surface area contributed by atoms with Crippen LogP contribution in [-0.4, -0.2) is 41.3 Å². The van der Waals surface area contributed by atoms with Crippen molar-refractivity contribution in [2.45, 2.75) is 25.3 Å². The second kappa shape index (κ2) is 9.29. The van der Waals surface area contributed by atoms with Crippen LogP contribution in [0.2, 0.25) is 0 Å². The van der Waals surface area contributed by atoms with E-state index in [2.05, 4.69) is 50.7 Å². The molecule has 2 heterocycles. The molecule has 0 aliphatic carbocycles. The van der Waals surface area contributed by atoms with Gasteiger partial charge in [-0.25, -0.2) is 8.78 Å². The van der Waals surface area contributed by atoms with Gasteiger partial charge in [0.2, 0.25) is 0 Å². The number of hydrogen-bond donors (Lipinski definition) is 2. The molecule has 1 aliphatic rings. The van der Waals surface area contributed by atoms with Crippen LogP contribution in [0.3, 0.4) is 0 Å². The van der Waals surface area contributed by atoms with Crippen molar-refractivity contribution in [2.24, 2.45) is 0 Å². The van der Waals surface area contributed by atoms with Gasteiger partial charge in [-0.15, -0.1) is 0 Å². The number of rotatable bonds is 7. The van der Waals surface area contributed by atoms with E-state index in [9.17, 15) is 8.78 Å². The molecule has 1 atom stereocenters. The van der Waals surface area contributed by atoms with Crippen LogP contribution in [0.25, 0.3) is 11.3 Å². The van der Waals surface area contributed by atoms with Gasteiger partial charge in [-0.3, -0.25) is 5.10 Å². The molecule has 0 bridgehead atoms. The molecule has 2 N–H and O–H groups in total. The minimum absolute atomic E-state index is 0.336. The Morgan fingerprint density at radius 2 is 2.00 bits per heavy atom. The van der Waals surface area contributed by atoms with Crippen LogP contribution < -0.4 is 5.32 Å². The Hall–Kier alpha value is -2.57. The number of H-pyrrole nitrogens is 1. The van der Waals surface area contributed by atoms with Crippen LogP contribution >= 0.6 is 0 Å². The third-order valence-electron chi connectivity index (χ3n) is 5.62. The van der Waals surface area contributed by atoms with E-state index in [0.29, 0.717) is 23.7 Å². The maximum Gasteiger partial charge on any atom is 0.135 e. The van der Waals surface area contributed by atoms with Crippen molar-refractivity contribution >= 4 is 0 Å². The van der Waals surface area contributed by atoms with Gasteiger partial charge in [0, 0.05) is 43.4 Å². The lowest BCUT2D eigenvalue weighted by Gasteiger charge is -2.33. The maximum atomic E-state index is 14.1. The number of aromatic amines is 1. The number of piperidine rings is 1. The molecule has 4 nitrogen and oxygen atoms in total. The van der Waals surface area contributed by atoms with E-state index in [1.54, 1.807) is 6.20 Å². The average molecular weight is 396 g/mol. The summed E-state index contributed by atoms with van der Waals surface area (Å²) in [6, 6.07) is 14.3. The first-order valence-electron chi connectivity index (χ1n) is 10.2. The molecule has 0 radical (unpaired) electrons. The summed E-state index contributed by atoms with van der Waals surface area (Å²) in [4.78, 5) is 2.50. The third kappa shape index (κ3) is 4.89. The molecule has 1 saturated heterocycles. The van der Waals surface area contributed by atoms with Crippen LogP contribution in [0.4, 0.5) is 8.78 Å². The lowest BCUT2D eigenvalue weighted by atomic mass is 9.91. The number of likely N-dealkylation sites (tertiary alicyclic amines) is 1. The van der Waals surface area contributed by atoms with Gasteiger partial charge in [-0.1, -0.05) is 30.3 Å². The summed E-state index contributed by atoms with van der Waals surface area (Å²) < 4.78 is 27.3. The van der Waals surface area contributed by atoms with Crippen molar-refractivity contribution < 1.29 is 8.78 Å². The van der Waals surface area contributed by atoms with Crippen molar-refractivity contribution in [1.29, 1.82) is 0 Å². The minimum atomic E-state index is -0.587. The molecule has 3 aromatic rings. The second-order valence-corrected chi connectivity index (χ2v) is 7.62. The zero-order valence-corrected chi connectivity index (χ0v) is 16.4. The first kappa shape index (κ1) is 19.7. The molecule has 0 amide bonds. The SMILES string of the molecule is Fc1ccc(-c2[nH]ncc2CNCCN2CCCC(c3ccccc3)C2)c(F)c1. The fourth-order valence-electron chi connectivity index (χ4n) is 4.09. The summed E-state index contributed by atoms with van der Waals surface area (Å²) in [5.41, 5.74) is 3.23. The van der Waals surface area contributed by atoms with E-state index in [0.717, 1.165) is 37.8 Å². The Balaban J connectivity index is 1.29. The highest BCUT2D eigenvalue weighted by atomic mass is 19.1. The van der Waals surface area contributed by atoms with Crippen molar-refractivity contribution in [3.8, 4) is 11.3 Å².